The van der Waals surface area contributed by atoms with Gasteiger partial charge in [0.05, 0.1) is 55.2 Å². The van der Waals surface area contributed by atoms with Crippen molar-refractivity contribution in [3.63, 3.8) is 0 Å². The molecule has 0 spiro atoms. The number of nitrogens with one attached hydrogen (secondary N) is 1. The number of rotatable bonds is 14. The van der Waals surface area contributed by atoms with Crippen LogP contribution in [0.3, 0.4) is 0 Å². The number of fused-ring (bicyclic) bond motifs is 1. The smallest absolute Gasteiger partial charge is 0.294 e. The standard InChI is InChI=1S/C28H32N2O10S2/c1-17-6-8-23(42(35,36)37)20(16-17)18(2)40-13-12-38-10-11-39-14-15-41-22-5-3-4-19-25(22)28(34)30(27(19)33)21-7-9-24(31)29-26(21)32/h3-6,8,16,18,21H,7,9-15H2,1-2H3,(H,29,31,32)(H,35,36,37). The first-order chi connectivity index (χ1) is 20.0. The summed E-state index contributed by atoms with van der Waals surface area (Å²) < 4.78 is 49.6. The van der Waals surface area contributed by atoms with Crippen LogP contribution in [0.1, 0.15) is 57.7 Å². The topological polar surface area (TPSA) is 166 Å². The third-order valence-electron chi connectivity index (χ3n) is 6.76. The van der Waals surface area contributed by atoms with Gasteiger partial charge in [0.15, 0.2) is 0 Å². The summed E-state index contributed by atoms with van der Waals surface area (Å²) in [6.07, 6.45) is -0.415. The quantitative estimate of drug-likeness (QED) is 0.138. The lowest BCUT2D eigenvalue weighted by Crippen LogP contribution is -2.54. The molecule has 0 aliphatic carbocycles. The second-order valence-corrected chi connectivity index (χ2v) is 12.3. The van der Waals surface area contributed by atoms with E-state index in [1.807, 2.05) is 6.92 Å². The number of ether oxygens (including phenoxy) is 3. The number of nitrogens with zero attached hydrogens (tertiary/aromatic N) is 1. The van der Waals surface area contributed by atoms with Crippen LogP contribution in [-0.4, -0.2) is 86.3 Å². The molecule has 2 unspecified atom stereocenters. The molecule has 4 amide bonds. The molecule has 2 atom stereocenters. The zero-order valence-corrected chi connectivity index (χ0v) is 24.8. The lowest BCUT2D eigenvalue weighted by atomic mass is 10.0. The van der Waals surface area contributed by atoms with Crippen molar-refractivity contribution in [1.29, 1.82) is 0 Å². The Morgan fingerprint density at radius 3 is 2.45 bits per heavy atom. The Morgan fingerprint density at radius 1 is 1.02 bits per heavy atom. The molecule has 2 aromatic carbocycles. The Balaban J connectivity index is 1.16. The number of carbonyl (C=O) groups is 4. The third kappa shape index (κ3) is 7.43. The van der Waals surface area contributed by atoms with E-state index >= 15 is 0 Å². The molecular weight excluding hydrogens is 588 g/mol. The second-order valence-electron chi connectivity index (χ2n) is 9.73. The molecule has 2 aliphatic heterocycles. The minimum absolute atomic E-state index is 0.0594. The molecular formula is C28H32N2O10S2. The lowest BCUT2D eigenvalue weighted by Gasteiger charge is -2.27. The van der Waals surface area contributed by atoms with E-state index in [2.05, 4.69) is 5.32 Å². The van der Waals surface area contributed by atoms with Crippen molar-refractivity contribution < 1.29 is 46.4 Å². The maximum absolute atomic E-state index is 13.1. The predicted molar refractivity (Wildman–Crippen MR) is 151 cm³/mol. The monoisotopic (exact) mass is 620 g/mol. The molecule has 2 aliphatic rings. The van der Waals surface area contributed by atoms with Gasteiger partial charge in [0.25, 0.3) is 21.9 Å². The van der Waals surface area contributed by atoms with Crippen molar-refractivity contribution in [2.75, 3.05) is 38.8 Å². The van der Waals surface area contributed by atoms with Gasteiger partial charge in [-0.25, -0.2) is 0 Å². The van der Waals surface area contributed by atoms with Crippen LogP contribution < -0.4 is 5.32 Å². The van der Waals surface area contributed by atoms with Crippen molar-refractivity contribution in [2.24, 2.45) is 0 Å². The average Bonchev–Trinajstić information content (AvgIpc) is 3.19. The summed E-state index contributed by atoms with van der Waals surface area (Å²) in [6.45, 7) is 4.95. The molecule has 4 rings (SSSR count). The highest BCUT2D eigenvalue weighted by molar-refractivity contribution is 7.99. The summed E-state index contributed by atoms with van der Waals surface area (Å²) >= 11 is 1.36. The van der Waals surface area contributed by atoms with Crippen LogP contribution in [0, 0.1) is 6.92 Å². The van der Waals surface area contributed by atoms with Gasteiger partial charge < -0.3 is 14.2 Å². The predicted octanol–water partition coefficient (Wildman–Crippen LogP) is 2.55. The largest absolute Gasteiger partial charge is 0.378 e. The van der Waals surface area contributed by atoms with Gasteiger partial charge >= 0.3 is 0 Å². The van der Waals surface area contributed by atoms with Crippen molar-refractivity contribution in [3.8, 4) is 0 Å². The van der Waals surface area contributed by atoms with Gasteiger partial charge in [0, 0.05) is 22.6 Å². The highest BCUT2D eigenvalue weighted by Gasteiger charge is 2.45. The van der Waals surface area contributed by atoms with E-state index in [1.54, 1.807) is 37.3 Å². The highest BCUT2D eigenvalue weighted by Crippen LogP contribution is 2.34. The molecule has 226 valence electrons. The first-order valence-electron chi connectivity index (χ1n) is 13.3. The average molecular weight is 621 g/mol. The van der Waals surface area contributed by atoms with E-state index in [0.717, 1.165) is 10.5 Å². The van der Waals surface area contributed by atoms with E-state index < -0.39 is 45.9 Å². The van der Waals surface area contributed by atoms with Gasteiger partial charge in [-0.15, -0.1) is 11.8 Å². The molecule has 1 fully saturated rings. The van der Waals surface area contributed by atoms with Gasteiger partial charge in [0.2, 0.25) is 11.8 Å². The molecule has 42 heavy (non-hydrogen) atoms. The van der Waals surface area contributed by atoms with Gasteiger partial charge in [-0.05, 0) is 38.5 Å². The van der Waals surface area contributed by atoms with Crippen LogP contribution in [0.15, 0.2) is 46.2 Å². The Labute approximate surface area is 247 Å². The zero-order valence-electron chi connectivity index (χ0n) is 23.2. The number of hydrogen-bond acceptors (Lipinski definition) is 10. The van der Waals surface area contributed by atoms with Crippen LogP contribution in [-0.2, 0) is 33.9 Å². The summed E-state index contributed by atoms with van der Waals surface area (Å²) in [5, 5.41) is 2.19. The molecule has 0 radical (unpaired) electrons. The summed E-state index contributed by atoms with van der Waals surface area (Å²) in [5.41, 5.74) is 1.70. The minimum atomic E-state index is -4.37. The molecule has 14 heteroatoms. The van der Waals surface area contributed by atoms with Gasteiger partial charge in [-0.3, -0.25) is 33.9 Å². The zero-order chi connectivity index (χ0) is 30.4. The molecule has 0 aromatic heterocycles. The maximum atomic E-state index is 13.1. The normalized spacial score (nSPS) is 17.9. The summed E-state index contributed by atoms with van der Waals surface area (Å²) in [4.78, 5) is 51.2. The van der Waals surface area contributed by atoms with Gasteiger partial charge in [0.1, 0.15) is 6.04 Å². The maximum Gasteiger partial charge on any atom is 0.294 e. The first-order valence-corrected chi connectivity index (χ1v) is 15.7. The Hall–Kier alpha value is -3.14. The fraction of sp³-hybridized carbons (Fsp3) is 0.429. The fourth-order valence-corrected chi connectivity index (χ4v) is 6.43. The first kappa shape index (κ1) is 31.8. The number of hydrogen-bond donors (Lipinski definition) is 2. The van der Waals surface area contributed by atoms with E-state index in [4.69, 9.17) is 14.2 Å². The van der Waals surface area contributed by atoms with Crippen LogP contribution in [0.25, 0.3) is 0 Å². The summed E-state index contributed by atoms with van der Waals surface area (Å²) in [6, 6.07) is 8.57. The Kier molecular flexibility index (Phi) is 10.5. The lowest BCUT2D eigenvalue weighted by molar-refractivity contribution is -0.136. The van der Waals surface area contributed by atoms with Crippen LogP contribution in [0.5, 0.6) is 0 Å². The summed E-state index contributed by atoms with van der Waals surface area (Å²) in [7, 11) is -4.37. The molecule has 2 N–H and O–H groups in total. The number of piperidine rings is 1. The van der Waals surface area contributed by atoms with Gasteiger partial charge in [-0.2, -0.15) is 8.42 Å². The number of amides is 4. The van der Waals surface area contributed by atoms with Crippen LogP contribution in [0.2, 0.25) is 0 Å². The molecule has 12 nitrogen and oxygen atoms in total. The number of benzene rings is 2. The van der Waals surface area contributed by atoms with E-state index in [1.165, 1.54) is 17.8 Å². The van der Waals surface area contributed by atoms with Gasteiger partial charge in [-0.1, -0.05) is 23.8 Å². The van der Waals surface area contributed by atoms with E-state index in [9.17, 15) is 32.1 Å². The SMILES string of the molecule is Cc1ccc(S(=O)(=O)O)c(C(C)OCCOCCOCCSc2cccc3c2C(=O)N(C2CCC(=O)NC2=O)C3=O)c1. The molecule has 0 saturated carbocycles. The Bertz CT molecular complexity index is 1480. The van der Waals surface area contributed by atoms with Crippen molar-refractivity contribution >= 4 is 45.5 Å². The van der Waals surface area contributed by atoms with Crippen molar-refractivity contribution in [3.05, 3.63) is 58.7 Å². The third-order valence-corrected chi connectivity index (χ3v) is 8.71. The van der Waals surface area contributed by atoms with Crippen molar-refractivity contribution in [1.82, 2.24) is 10.2 Å². The number of carbonyl (C=O) groups excluding carboxylic acids is 4. The van der Waals surface area contributed by atoms with Crippen molar-refractivity contribution in [2.45, 2.75) is 48.6 Å². The van der Waals surface area contributed by atoms with Crippen LogP contribution >= 0.6 is 11.8 Å². The van der Waals surface area contributed by atoms with E-state index in [0.29, 0.717) is 36.0 Å². The summed E-state index contributed by atoms with van der Waals surface area (Å²) in [5.74, 6) is -1.66. The molecule has 0 bridgehead atoms. The minimum Gasteiger partial charge on any atom is -0.378 e. The second kappa shape index (κ2) is 13.9. The number of thioether (sulfide) groups is 1. The molecule has 2 aromatic rings. The highest BCUT2D eigenvalue weighted by atomic mass is 32.2. The fourth-order valence-electron chi connectivity index (χ4n) is 4.73. The van der Waals surface area contributed by atoms with E-state index in [-0.39, 0.29) is 42.1 Å². The number of aryl methyl sites for hydroxylation is 1. The number of imide groups is 2. The van der Waals surface area contributed by atoms with Crippen LogP contribution in [0.4, 0.5) is 0 Å². The Morgan fingerprint density at radius 2 is 1.74 bits per heavy atom. The molecule has 1 saturated heterocycles. The molecule has 2 heterocycles.